The molecule has 0 atom stereocenters. The maximum Gasteiger partial charge on any atom is 0.333 e. The number of hydrogen-bond acceptors (Lipinski definition) is 6. The van der Waals surface area contributed by atoms with E-state index in [-0.39, 0.29) is 9.79 Å². The van der Waals surface area contributed by atoms with Gasteiger partial charge in [-0.2, -0.15) is 0 Å². The summed E-state index contributed by atoms with van der Waals surface area (Å²) in [5.74, 6) is 0. The summed E-state index contributed by atoms with van der Waals surface area (Å²) in [5, 5.41) is 5.10. The van der Waals surface area contributed by atoms with Crippen molar-refractivity contribution in [3.8, 4) is 0 Å². The van der Waals surface area contributed by atoms with Crippen LogP contribution >= 0.6 is 0 Å². The molecule has 0 unspecified atom stereocenters. The van der Waals surface area contributed by atoms with Gasteiger partial charge in [-0.05, 0) is 106 Å². The Labute approximate surface area is 264 Å². The lowest BCUT2D eigenvalue weighted by Gasteiger charge is -2.14. The highest BCUT2D eigenvalue weighted by molar-refractivity contribution is 7.90. The van der Waals surface area contributed by atoms with Gasteiger partial charge < -0.3 is 10.6 Å². The van der Waals surface area contributed by atoms with Gasteiger partial charge in [-0.15, -0.1) is 0 Å². The number of anilines is 2. The normalized spacial score (nSPS) is 11.5. The summed E-state index contributed by atoms with van der Waals surface area (Å²) in [6.07, 6.45) is 0.541. The predicted molar refractivity (Wildman–Crippen MR) is 176 cm³/mol. The number of aryl methyl sites for hydroxylation is 6. The summed E-state index contributed by atoms with van der Waals surface area (Å²) < 4.78 is 55.6. The lowest BCUT2D eigenvalue weighted by molar-refractivity contribution is 0.255. The van der Waals surface area contributed by atoms with Gasteiger partial charge in [0.2, 0.25) is 0 Å². The number of benzene rings is 4. The van der Waals surface area contributed by atoms with Crippen molar-refractivity contribution in [2.45, 2.75) is 57.8 Å². The van der Waals surface area contributed by atoms with E-state index in [1.807, 2.05) is 13.8 Å². The summed E-state index contributed by atoms with van der Waals surface area (Å²) in [4.78, 5) is 25.2. The number of urea groups is 2. The van der Waals surface area contributed by atoms with E-state index >= 15 is 0 Å². The van der Waals surface area contributed by atoms with Crippen LogP contribution in [-0.2, 0) is 26.5 Å². The number of nitrogens with one attached hydrogen (secondary N) is 4. The van der Waals surface area contributed by atoms with Gasteiger partial charge in [-0.25, -0.2) is 35.9 Å². The summed E-state index contributed by atoms with van der Waals surface area (Å²) in [6, 6.07) is 19.2. The largest absolute Gasteiger partial charge is 0.333 e. The van der Waals surface area contributed by atoms with Gasteiger partial charge in [-0.1, -0.05) is 59.7 Å². The summed E-state index contributed by atoms with van der Waals surface area (Å²) in [6.45, 7) is 10.5. The maximum absolute atomic E-state index is 12.9. The molecule has 0 saturated carbocycles. The molecule has 0 spiro atoms. The maximum atomic E-state index is 12.9. The third-order valence-electron chi connectivity index (χ3n) is 7.03. The average Bonchev–Trinajstić information content (AvgIpc) is 2.88. The lowest BCUT2D eigenvalue weighted by atomic mass is 10.0. The second-order valence-electron chi connectivity index (χ2n) is 11.1. The molecule has 4 aromatic rings. The van der Waals surface area contributed by atoms with Crippen molar-refractivity contribution in [2.75, 3.05) is 10.6 Å². The topological polar surface area (TPSA) is 151 Å². The van der Waals surface area contributed by atoms with Crippen LogP contribution in [-0.4, -0.2) is 28.9 Å². The van der Waals surface area contributed by atoms with Crippen molar-refractivity contribution >= 4 is 43.5 Å². The van der Waals surface area contributed by atoms with Crippen molar-refractivity contribution in [1.82, 2.24) is 9.44 Å². The Morgan fingerprint density at radius 3 is 1.09 bits per heavy atom. The third-order valence-corrected chi connectivity index (χ3v) is 10.3. The van der Waals surface area contributed by atoms with Crippen molar-refractivity contribution < 1.29 is 26.4 Å². The van der Waals surface area contributed by atoms with Gasteiger partial charge in [-0.3, -0.25) is 0 Å². The van der Waals surface area contributed by atoms with Crippen LogP contribution in [0.4, 0.5) is 21.0 Å². The van der Waals surface area contributed by atoms with Crippen molar-refractivity contribution in [2.24, 2.45) is 0 Å². The fraction of sp³-hybridized carbons (Fsp3) is 0.212. The van der Waals surface area contributed by atoms with Crippen LogP contribution in [0.5, 0.6) is 0 Å². The number of rotatable bonds is 8. The molecule has 4 amide bonds. The Morgan fingerprint density at radius 2 is 0.800 bits per heavy atom. The predicted octanol–water partition coefficient (Wildman–Crippen LogP) is 6.15. The van der Waals surface area contributed by atoms with Gasteiger partial charge in [0.05, 0.1) is 9.79 Å². The van der Waals surface area contributed by atoms with Gasteiger partial charge in [0.15, 0.2) is 0 Å². The van der Waals surface area contributed by atoms with Crippen LogP contribution < -0.4 is 20.1 Å². The van der Waals surface area contributed by atoms with Crippen LogP contribution in [0, 0.1) is 41.5 Å². The lowest BCUT2D eigenvalue weighted by Crippen LogP contribution is -2.35. The van der Waals surface area contributed by atoms with E-state index in [4.69, 9.17) is 0 Å². The standard InChI is InChI=1S/C33H36N4O6S2/c1-20-15-22(3)30(23(4)16-20)44(40,41)36-32(38)34-28-11-7-26(8-12-28)19-27-9-13-29(14-10-27)35-33(39)37-45(42,43)31-24(5)17-21(2)18-25(31)6/h7-18H,19H2,1-6H3,(H2,34,36,38)(H2,35,37,39). The molecule has 0 aliphatic rings. The minimum absolute atomic E-state index is 0.0814. The van der Waals surface area contributed by atoms with Gasteiger partial charge in [0.25, 0.3) is 20.0 Å². The molecule has 0 heterocycles. The zero-order valence-electron chi connectivity index (χ0n) is 25.9. The molecule has 0 aliphatic carbocycles. The minimum Gasteiger partial charge on any atom is -0.307 e. The second-order valence-corrected chi connectivity index (χ2v) is 14.4. The highest BCUT2D eigenvalue weighted by Gasteiger charge is 2.24. The fourth-order valence-electron chi connectivity index (χ4n) is 5.49. The van der Waals surface area contributed by atoms with E-state index in [0.29, 0.717) is 40.0 Å². The Balaban J connectivity index is 1.33. The van der Waals surface area contributed by atoms with Crippen LogP contribution in [0.2, 0.25) is 0 Å². The highest BCUT2D eigenvalue weighted by Crippen LogP contribution is 2.23. The first-order valence-corrected chi connectivity index (χ1v) is 17.0. The molecule has 0 radical (unpaired) electrons. The molecule has 0 saturated heterocycles. The Kier molecular flexibility index (Phi) is 9.69. The van der Waals surface area contributed by atoms with E-state index in [0.717, 1.165) is 22.3 Å². The average molecular weight is 649 g/mol. The summed E-state index contributed by atoms with van der Waals surface area (Å²) in [5.41, 5.74) is 6.77. The van der Waals surface area contributed by atoms with Crippen LogP contribution in [0.3, 0.4) is 0 Å². The number of amides is 4. The molecule has 4 rings (SSSR count). The smallest absolute Gasteiger partial charge is 0.307 e. The Morgan fingerprint density at radius 1 is 0.511 bits per heavy atom. The van der Waals surface area contributed by atoms with E-state index in [2.05, 4.69) is 20.1 Å². The van der Waals surface area contributed by atoms with Gasteiger partial charge >= 0.3 is 12.1 Å². The minimum atomic E-state index is -4.07. The molecule has 12 heteroatoms. The molecular formula is C33H36N4O6S2. The van der Waals surface area contributed by atoms with E-state index in [9.17, 15) is 26.4 Å². The number of carbonyl (C=O) groups excluding carboxylic acids is 2. The fourth-order valence-corrected chi connectivity index (χ4v) is 8.21. The zero-order chi connectivity index (χ0) is 33.1. The number of carbonyl (C=O) groups is 2. The molecule has 45 heavy (non-hydrogen) atoms. The molecule has 0 aliphatic heterocycles. The third kappa shape index (κ3) is 8.28. The summed E-state index contributed by atoms with van der Waals surface area (Å²) in [7, 11) is -8.13. The molecule has 4 aromatic carbocycles. The second kappa shape index (κ2) is 13.1. The molecule has 236 valence electrons. The quantitative estimate of drug-likeness (QED) is 0.180. The van der Waals surface area contributed by atoms with Crippen LogP contribution in [0.1, 0.15) is 44.5 Å². The Hall–Kier alpha value is -4.68. The molecule has 4 N–H and O–H groups in total. The molecule has 0 bridgehead atoms. The molecular weight excluding hydrogens is 613 g/mol. The van der Waals surface area contributed by atoms with Crippen molar-refractivity contribution in [1.29, 1.82) is 0 Å². The highest BCUT2D eigenvalue weighted by atomic mass is 32.2. The first-order chi connectivity index (χ1) is 21.0. The SMILES string of the molecule is Cc1cc(C)c(S(=O)(=O)NC(=O)Nc2ccc(Cc3ccc(NC(=O)NS(=O)(=O)c4c(C)cc(C)cc4C)cc3)cc2)c(C)c1. The van der Waals surface area contributed by atoms with Crippen molar-refractivity contribution in [3.05, 3.63) is 117 Å². The number of hydrogen-bond donors (Lipinski definition) is 4. The molecule has 0 aromatic heterocycles. The van der Waals surface area contributed by atoms with E-state index < -0.39 is 32.1 Å². The van der Waals surface area contributed by atoms with Crippen LogP contribution in [0.25, 0.3) is 0 Å². The monoisotopic (exact) mass is 648 g/mol. The van der Waals surface area contributed by atoms with Crippen molar-refractivity contribution in [3.63, 3.8) is 0 Å². The molecule has 10 nitrogen and oxygen atoms in total. The molecule has 0 fully saturated rings. The number of sulfonamides is 2. The van der Waals surface area contributed by atoms with Gasteiger partial charge in [0.1, 0.15) is 0 Å². The first-order valence-electron chi connectivity index (χ1n) is 14.1. The Bertz CT molecular complexity index is 1800. The summed E-state index contributed by atoms with van der Waals surface area (Å²) >= 11 is 0. The first kappa shape index (κ1) is 33.2. The van der Waals surface area contributed by atoms with Crippen LogP contribution in [0.15, 0.2) is 82.6 Å². The van der Waals surface area contributed by atoms with E-state index in [1.54, 1.807) is 100 Å². The van der Waals surface area contributed by atoms with E-state index in [1.165, 1.54) is 0 Å². The van der Waals surface area contributed by atoms with Gasteiger partial charge in [0, 0.05) is 11.4 Å². The zero-order valence-corrected chi connectivity index (χ0v) is 27.5.